The number of nitrogen functional groups attached to an aromatic ring is 1. The molecular formula is C14H22N4O. The van der Waals surface area contributed by atoms with Gasteiger partial charge in [-0.15, -0.1) is 0 Å². The van der Waals surface area contributed by atoms with Crippen LogP contribution in [0.25, 0.3) is 0 Å². The largest absolute Gasteiger partial charge is 0.395 e. The number of anilines is 1. The average molecular weight is 262 g/mol. The van der Waals surface area contributed by atoms with E-state index in [0.717, 1.165) is 37.9 Å². The highest BCUT2D eigenvalue weighted by molar-refractivity contribution is 5.98. The molecule has 19 heavy (non-hydrogen) atoms. The van der Waals surface area contributed by atoms with Crippen molar-refractivity contribution in [2.75, 3.05) is 12.3 Å². The van der Waals surface area contributed by atoms with Crippen LogP contribution >= 0.6 is 0 Å². The van der Waals surface area contributed by atoms with Gasteiger partial charge in [-0.05, 0) is 38.5 Å². The molecule has 0 radical (unpaired) electrons. The molecule has 2 unspecified atom stereocenters. The van der Waals surface area contributed by atoms with Crippen LogP contribution in [0.4, 0.5) is 5.69 Å². The summed E-state index contributed by atoms with van der Waals surface area (Å²) in [5.74, 6) is 1.17. The van der Waals surface area contributed by atoms with Crippen molar-refractivity contribution in [1.29, 1.82) is 0 Å². The van der Waals surface area contributed by atoms with Crippen LogP contribution in [0.15, 0.2) is 0 Å². The number of likely N-dealkylation sites (tertiary alicyclic amines) is 1. The summed E-state index contributed by atoms with van der Waals surface area (Å²) in [6, 6.07) is 0.275. The molecule has 0 bridgehead atoms. The van der Waals surface area contributed by atoms with Crippen LogP contribution in [-0.4, -0.2) is 33.6 Å². The molecule has 3 rings (SSSR count). The number of hydrogen-bond acceptors (Lipinski definition) is 3. The number of nitrogens with zero attached hydrogens (tertiary/aromatic N) is 2. The zero-order valence-corrected chi connectivity index (χ0v) is 11.6. The summed E-state index contributed by atoms with van der Waals surface area (Å²) in [6.07, 6.45) is 4.43. The van der Waals surface area contributed by atoms with E-state index in [-0.39, 0.29) is 11.9 Å². The van der Waals surface area contributed by atoms with E-state index in [1.807, 2.05) is 4.90 Å². The molecule has 5 nitrogen and oxygen atoms in total. The first-order chi connectivity index (χ1) is 9.08. The van der Waals surface area contributed by atoms with Crippen LogP contribution in [0.2, 0.25) is 0 Å². The third-order valence-corrected chi connectivity index (χ3v) is 4.42. The fourth-order valence-corrected chi connectivity index (χ4v) is 3.06. The van der Waals surface area contributed by atoms with Crippen molar-refractivity contribution in [2.24, 2.45) is 5.92 Å². The van der Waals surface area contributed by atoms with Gasteiger partial charge in [0.2, 0.25) is 0 Å². The molecule has 1 aromatic rings. The van der Waals surface area contributed by atoms with Crippen molar-refractivity contribution in [1.82, 2.24) is 15.1 Å². The van der Waals surface area contributed by atoms with E-state index < -0.39 is 0 Å². The normalized spacial score (nSPS) is 27.6. The number of carbonyl (C=O) groups is 1. The van der Waals surface area contributed by atoms with Crippen molar-refractivity contribution in [2.45, 2.75) is 51.5 Å². The number of aromatic amines is 1. The molecule has 1 amide bonds. The summed E-state index contributed by atoms with van der Waals surface area (Å²) in [5.41, 5.74) is 8.03. The van der Waals surface area contributed by atoms with Gasteiger partial charge in [0.1, 0.15) is 0 Å². The summed E-state index contributed by atoms with van der Waals surface area (Å²) in [6.45, 7) is 5.16. The Kier molecular flexibility index (Phi) is 2.99. The Morgan fingerprint density at radius 2 is 2.11 bits per heavy atom. The second-order valence-corrected chi connectivity index (χ2v) is 6.15. The van der Waals surface area contributed by atoms with Gasteiger partial charge >= 0.3 is 0 Å². The Bertz CT molecular complexity index is 492. The molecule has 2 aliphatic rings. The molecule has 104 valence electrons. The van der Waals surface area contributed by atoms with Crippen molar-refractivity contribution in [3.8, 4) is 0 Å². The molecule has 1 saturated carbocycles. The second kappa shape index (κ2) is 4.54. The fourth-order valence-electron chi connectivity index (χ4n) is 3.06. The lowest BCUT2D eigenvalue weighted by molar-refractivity contribution is 0.0583. The SMILES string of the molecule is CC1CCN(C(=O)c2n[nH]c(C3CC3)c2N)C(C)C1. The molecule has 5 heteroatoms. The molecule has 1 aliphatic carbocycles. The molecule has 1 aliphatic heterocycles. The molecule has 2 heterocycles. The monoisotopic (exact) mass is 262 g/mol. The van der Waals surface area contributed by atoms with Crippen molar-refractivity contribution < 1.29 is 4.79 Å². The Morgan fingerprint density at radius 1 is 1.37 bits per heavy atom. The van der Waals surface area contributed by atoms with Gasteiger partial charge in [-0.2, -0.15) is 5.10 Å². The van der Waals surface area contributed by atoms with Gasteiger partial charge in [-0.25, -0.2) is 0 Å². The van der Waals surface area contributed by atoms with Gasteiger partial charge < -0.3 is 10.6 Å². The third kappa shape index (κ3) is 2.22. The zero-order chi connectivity index (χ0) is 13.6. The molecule has 0 aromatic carbocycles. The number of nitrogens with one attached hydrogen (secondary N) is 1. The number of carbonyl (C=O) groups excluding carboxylic acids is 1. The predicted molar refractivity (Wildman–Crippen MR) is 73.9 cm³/mol. The van der Waals surface area contributed by atoms with E-state index in [1.165, 1.54) is 0 Å². The van der Waals surface area contributed by atoms with E-state index in [0.29, 0.717) is 23.2 Å². The summed E-state index contributed by atoms with van der Waals surface area (Å²) in [7, 11) is 0. The summed E-state index contributed by atoms with van der Waals surface area (Å²) < 4.78 is 0. The van der Waals surface area contributed by atoms with Crippen LogP contribution in [0, 0.1) is 5.92 Å². The van der Waals surface area contributed by atoms with Crippen LogP contribution in [-0.2, 0) is 0 Å². The topological polar surface area (TPSA) is 75.0 Å². The van der Waals surface area contributed by atoms with Gasteiger partial charge in [-0.3, -0.25) is 9.89 Å². The smallest absolute Gasteiger partial charge is 0.276 e. The Labute approximate surface area is 113 Å². The zero-order valence-electron chi connectivity index (χ0n) is 11.6. The summed E-state index contributed by atoms with van der Waals surface area (Å²) in [5, 5.41) is 7.12. The maximum atomic E-state index is 12.6. The molecule has 1 aromatic heterocycles. The lowest BCUT2D eigenvalue weighted by atomic mass is 9.93. The predicted octanol–water partition coefficient (Wildman–Crippen LogP) is 2.13. The van der Waals surface area contributed by atoms with Crippen molar-refractivity contribution in [3.63, 3.8) is 0 Å². The second-order valence-electron chi connectivity index (χ2n) is 6.15. The van der Waals surface area contributed by atoms with E-state index in [4.69, 9.17) is 5.73 Å². The minimum Gasteiger partial charge on any atom is -0.395 e. The molecule has 3 N–H and O–H groups in total. The minimum atomic E-state index is -0.0138. The Balaban J connectivity index is 1.79. The lowest BCUT2D eigenvalue weighted by Crippen LogP contribution is -2.44. The average Bonchev–Trinajstić information content (AvgIpc) is 3.12. The number of aromatic nitrogens is 2. The molecule has 1 saturated heterocycles. The van der Waals surface area contributed by atoms with Crippen LogP contribution in [0.1, 0.15) is 61.6 Å². The maximum absolute atomic E-state index is 12.6. The first-order valence-corrected chi connectivity index (χ1v) is 7.22. The molecule has 2 atom stereocenters. The van der Waals surface area contributed by atoms with Gasteiger partial charge in [0.05, 0.1) is 11.4 Å². The van der Waals surface area contributed by atoms with E-state index in [2.05, 4.69) is 24.0 Å². The van der Waals surface area contributed by atoms with Gasteiger partial charge in [0, 0.05) is 18.5 Å². The standard InChI is InChI=1S/C14H22N4O/c1-8-5-6-18(9(2)7-8)14(19)13-11(15)12(16-17-13)10-3-4-10/h8-10H,3-7,15H2,1-2H3,(H,16,17). The Hall–Kier alpha value is -1.52. The highest BCUT2D eigenvalue weighted by Crippen LogP contribution is 2.42. The highest BCUT2D eigenvalue weighted by Gasteiger charge is 2.33. The van der Waals surface area contributed by atoms with Crippen LogP contribution in [0.3, 0.4) is 0 Å². The number of H-pyrrole nitrogens is 1. The number of nitrogens with two attached hydrogens (primary N) is 1. The molecular weight excluding hydrogens is 240 g/mol. The number of piperidine rings is 1. The number of amides is 1. The van der Waals surface area contributed by atoms with Crippen LogP contribution in [0.5, 0.6) is 0 Å². The van der Waals surface area contributed by atoms with Crippen LogP contribution < -0.4 is 5.73 Å². The first-order valence-electron chi connectivity index (χ1n) is 7.22. The lowest BCUT2D eigenvalue weighted by Gasteiger charge is -2.36. The summed E-state index contributed by atoms with van der Waals surface area (Å²) in [4.78, 5) is 14.5. The van der Waals surface area contributed by atoms with E-state index in [9.17, 15) is 4.79 Å². The van der Waals surface area contributed by atoms with E-state index in [1.54, 1.807) is 0 Å². The number of rotatable bonds is 2. The fraction of sp³-hybridized carbons (Fsp3) is 0.714. The Morgan fingerprint density at radius 3 is 2.74 bits per heavy atom. The quantitative estimate of drug-likeness (QED) is 0.857. The van der Waals surface area contributed by atoms with Gasteiger partial charge in [0.15, 0.2) is 5.69 Å². The van der Waals surface area contributed by atoms with Gasteiger partial charge in [0.25, 0.3) is 5.91 Å². The van der Waals surface area contributed by atoms with Crippen molar-refractivity contribution in [3.05, 3.63) is 11.4 Å². The minimum absolute atomic E-state index is 0.0138. The molecule has 0 spiro atoms. The third-order valence-electron chi connectivity index (χ3n) is 4.42. The summed E-state index contributed by atoms with van der Waals surface area (Å²) >= 11 is 0. The molecule has 2 fully saturated rings. The van der Waals surface area contributed by atoms with E-state index >= 15 is 0 Å². The number of hydrogen-bond donors (Lipinski definition) is 2. The highest BCUT2D eigenvalue weighted by atomic mass is 16.2. The van der Waals surface area contributed by atoms with Gasteiger partial charge in [-0.1, -0.05) is 6.92 Å². The maximum Gasteiger partial charge on any atom is 0.276 e. The van der Waals surface area contributed by atoms with Crippen molar-refractivity contribution >= 4 is 11.6 Å². The first kappa shape index (κ1) is 12.5.